The first-order valence-electron chi connectivity index (χ1n) is 13.2. The number of nitrogens with one attached hydrogen (secondary N) is 1. The topological polar surface area (TPSA) is 103 Å². The van der Waals surface area contributed by atoms with Crippen molar-refractivity contribution in [1.82, 2.24) is 9.88 Å². The highest BCUT2D eigenvalue weighted by Gasteiger charge is 2.51. The first-order valence-corrected chi connectivity index (χ1v) is 13.2. The van der Waals surface area contributed by atoms with Gasteiger partial charge in [-0.1, -0.05) is 6.07 Å². The van der Waals surface area contributed by atoms with Gasteiger partial charge in [0.15, 0.2) is 0 Å². The first kappa shape index (κ1) is 24.0. The number of aryl methyl sites for hydroxylation is 1. The number of carboxylic acid groups (broad SMARTS) is 1. The van der Waals surface area contributed by atoms with E-state index in [-0.39, 0.29) is 17.9 Å². The van der Waals surface area contributed by atoms with Crippen LogP contribution in [0.5, 0.6) is 0 Å². The van der Waals surface area contributed by atoms with Crippen molar-refractivity contribution < 1.29 is 19.8 Å². The lowest BCUT2D eigenvalue weighted by Gasteiger charge is -2.56. The van der Waals surface area contributed by atoms with Gasteiger partial charge < -0.3 is 20.4 Å². The number of aromatic nitrogens is 1. The van der Waals surface area contributed by atoms with Crippen LogP contribution in [0.3, 0.4) is 0 Å². The third-order valence-corrected chi connectivity index (χ3v) is 8.48. The zero-order valence-corrected chi connectivity index (χ0v) is 20.4. The quantitative estimate of drug-likeness (QED) is 0.441. The number of carbonyl (C=O) groups is 2. The van der Waals surface area contributed by atoms with Gasteiger partial charge in [0, 0.05) is 37.2 Å². The average molecular weight is 480 g/mol. The van der Waals surface area contributed by atoms with Gasteiger partial charge in [0.25, 0.3) is 0 Å². The maximum Gasteiger partial charge on any atom is 0.407 e. The van der Waals surface area contributed by atoms with Crippen molar-refractivity contribution in [2.45, 2.75) is 64.2 Å². The fourth-order valence-electron chi connectivity index (χ4n) is 7.50. The summed E-state index contributed by atoms with van der Waals surface area (Å²) in [6, 6.07) is 9.82. The minimum Gasteiger partial charge on any atom is -0.465 e. The molecule has 6 rings (SSSR count). The van der Waals surface area contributed by atoms with Crippen molar-refractivity contribution in [3.05, 3.63) is 36.0 Å². The minimum absolute atomic E-state index is 0.0164. The number of carbonyl (C=O) groups excluding carboxylic acids is 1. The molecule has 0 unspecified atom stereocenters. The van der Waals surface area contributed by atoms with E-state index in [9.17, 15) is 14.7 Å². The Bertz CT molecular complexity index is 1050. The number of hydrogen-bond acceptors (Lipinski definition) is 4. The molecule has 0 aliphatic heterocycles. The Morgan fingerprint density at radius 3 is 2.34 bits per heavy atom. The molecule has 3 N–H and O–H groups in total. The monoisotopic (exact) mass is 479 g/mol. The summed E-state index contributed by atoms with van der Waals surface area (Å²) in [4.78, 5) is 30.6. The number of hydrogen-bond donors (Lipinski definition) is 3. The molecule has 0 saturated heterocycles. The number of fused-ring (bicyclic) bond motifs is 1. The molecular formula is C28H37N3O4. The van der Waals surface area contributed by atoms with E-state index in [0.29, 0.717) is 38.8 Å². The van der Waals surface area contributed by atoms with Crippen molar-refractivity contribution in [3.63, 3.8) is 0 Å². The van der Waals surface area contributed by atoms with Crippen LogP contribution in [0.4, 0.5) is 10.5 Å². The summed E-state index contributed by atoms with van der Waals surface area (Å²) in [6.07, 6.45) is 9.29. The predicted octanol–water partition coefficient (Wildman–Crippen LogP) is 5.07. The molecule has 4 fully saturated rings. The molecule has 7 heteroatoms. The van der Waals surface area contributed by atoms with Crippen molar-refractivity contribution in [2.24, 2.45) is 23.2 Å². The van der Waals surface area contributed by atoms with Crippen molar-refractivity contribution in [3.8, 4) is 0 Å². The van der Waals surface area contributed by atoms with Gasteiger partial charge in [-0.25, -0.2) is 4.79 Å². The van der Waals surface area contributed by atoms with Gasteiger partial charge in [0.2, 0.25) is 5.91 Å². The summed E-state index contributed by atoms with van der Waals surface area (Å²) in [5.74, 6) is 2.64. The summed E-state index contributed by atoms with van der Waals surface area (Å²) >= 11 is 0. The van der Waals surface area contributed by atoms with E-state index in [4.69, 9.17) is 10.1 Å². The highest BCUT2D eigenvalue weighted by molar-refractivity contribution is 6.01. The fourth-order valence-corrected chi connectivity index (χ4v) is 7.50. The lowest BCUT2D eigenvalue weighted by Crippen LogP contribution is -2.47. The second-order valence-corrected chi connectivity index (χ2v) is 11.3. The van der Waals surface area contributed by atoms with Crippen LogP contribution in [0.25, 0.3) is 10.9 Å². The van der Waals surface area contributed by atoms with Gasteiger partial charge in [0.1, 0.15) is 0 Å². The molecule has 2 amide bonds. The molecule has 1 aromatic heterocycles. The summed E-state index contributed by atoms with van der Waals surface area (Å²) < 4.78 is 0. The number of nitrogens with zero attached hydrogens (tertiary/aromatic N) is 2. The Hall–Kier alpha value is -2.67. The molecule has 4 aliphatic rings. The Morgan fingerprint density at radius 2 is 1.69 bits per heavy atom. The van der Waals surface area contributed by atoms with Crippen LogP contribution in [0.15, 0.2) is 30.3 Å². The zero-order valence-electron chi connectivity index (χ0n) is 20.4. The molecule has 7 nitrogen and oxygen atoms in total. The number of rotatable bonds is 10. The third kappa shape index (κ3) is 5.45. The Kier molecular flexibility index (Phi) is 6.96. The third-order valence-electron chi connectivity index (χ3n) is 8.48. The Morgan fingerprint density at radius 1 is 1.00 bits per heavy atom. The zero-order chi connectivity index (χ0) is 24.4. The number of amides is 2. The summed E-state index contributed by atoms with van der Waals surface area (Å²) in [7, 11) is 0. The van der Waals surface area contributed by atoms with Crippen molar-refractivity contribution in [2.75, 3.05) is 25.0 Å². The van der Waals surface area contributed by atoms with Crippen LogP contribution < -0.4 is 5.32 Å². The van der Waals surface area contributed by atoms with Crippen molar-refractivity contribution >= 4 is 28.6 Å². The number of aliphatic hydroxyl groups is 1. The second kappa shape index (κ2) is 10.1. The molecule has 0 spiro atoms. The van der Waals surface area contributed by atoms with Gasteiger partial charge >= 0.3 is 6.09 Å². The predicted molar refractivity (Wildman–Crippen MR) is 135 cm³/mol. The lowest BCUT2D eigenvalue weighted by molar-refractivity contribution is -0.124. The van der Waals surface area contributed by atoms with Crippen LogP contribution in [0.2, 0.25) is 0 Å². The minimum atomic E-state index is -0.959. The SMILES string of the molecule is O=C(CC12CC3CC(CC(C3)C1)C2)Nc1cccc2nc(CCCN(CCCO)C(=O)O)ccc12. The number of aliphatic hydroxyl groups excluding tert-OH is 1. The molecule has 4 aliphatic carbocycles. The van der Waals surface area contributed by atoms with Gasteiger partial charge in [-0.3, -0.25) is 9.78 Å². The van der Waals surface area contributed by atoms with Crippen LogP contribution in [-0.2, 0) is 11.2 Å². The maximum atomic E-state index is 13.1. The van der Waals surface area contributed by atoms with E-state index in [0.717, 1.165) is 40.0 Å². The molecule has 1 heterocycles. The molecule has 35 heavy (non-hydrogen) atoms. The van der Waals surface area contributed by atoms with E-state index in [1.807, 2.05) is 30.3 Å². The second-order valence-electron chi connectivity index (χ2n) is 11.3. The number of anilines is 1. The van der Waals surface area contributed by atoms with E-state index in [1.165, 1.54) is 43.4 Å². The summed E-state index contributed by atoms with van der Waals surface area (Å²) in [6.45, 7) is 0.732. The molecule has 4 saturated carbocycles. The first-order chi connectivity index (χ1) is 16.9. The van der Waals surface area contributed by atoms with Gasteiger partial charge in [-0.2, -0.15) is 0 Å². The summed E-state index contributed by atoms with van der Waals surface area (Å²) in [5, 5.41) is 22.4. The molecule has 188 valence electrons. The van der Waals surface area contributed by atoms with E-state index < -0.39 is 6.09 Å². The fraction of sp³-hybridized carbons (Fsp3) is 0.607. The number of pyridine rings is 1. The van der Waals surface area contributed by atoms with Gasteiger partial charge in [-0.05, 0) is 105 Å². The Balaban J connectivity index is 1.20. The van der Waals surface area contributed by atoms with Gasteiger partial charge in [0.05, 0.1) is 11.2 Å². The lowest BCUT2D eigenvalue weighted by atomic mass is 9.49. The molecular weight excluding hydrogens is 442 g/mol. The molecule has 2 aromatic rings. The van der Waals surface area contributed by atoms with Crippen LogP contribution >= 0.6 is 0 Å². The highest BCUT2D eigenvalue weighted by atomic mass is 16.4. The smallest absolute Gasteiger partial charge is 0.407 e. The summed E-state index contributed by atoms with van der Waals surface area (Å²) in [5.41, 5.74) is 2.78. The molecule has 0 atom stereocenters. The number of benzene rings is 1. The Labute approximate surface area is 206 Å². The largest absolute Gasteiger partial charge is 0.465 e. The van der Waals surface area contributed by atoms with Crippen LogP contribution in [0, 0.1) is 23.2 Å². The molecule has 4 bridgehead atoms. The maximum absolute atomic E-state index is 13.1. The van der Waals surface area contributed by atoms with E-state index >= 15 is 0 Å². The van der Waals surface area contributed by atoms with Crippen LogP contribution in [-0.4, -0.2) is 51.8 Å². The standard InChI is InChI=1S/C28H37N3O4/c32-11-3-10-31(27(34)35)9-2-4-22-7-8-23-24(29-22)5-1-6-25(23)30-26(33)18-28-15-19-12-20(16-28)14-21(13-19)17-28/h1,5-8,19-21,32H,2-4,9-18H2,(H,30,33)(H,34,35). The molecule has 0 radical (unpaired) electrons. The van der Waals surface area contributed by atoms with E-state index in [2.05, 4.69) is 5.32 Å². The normalized spacial score (nSPS) is 26.7. The average Bonchev–Trinajstić information content (AvgIpc) is 2.79. The van der Waals surface area contributed by atoms with Crippen molar-refractivity contribution in [1.29, 1.82) is 0 Å². The molecule has 1 aromatic carbocycles. The highest BCUT2D eigenvalue weighted by Crippen LogP contribution is 2.61. The van der Waals surface area contributed by atoms with Gasteiger partial charge in [-0.15, -0.1) is 0 Å². The van der Waals surface area contributed by atoms with E-state index in [1.54, 1.807) is 0 Å². The van der Waals surface area contributed by atoms with Crippen LogP contribution in [0.1, 0.15) is 63.5 Å².